The molecule has 0 aliphatic rings. The van der Waals surface area contributed by atoms with Crippen LogP contribution in [0.2, 0.25) is 0 Å². The fourth-order valence-corrected chi connectivity index (χ4v) is 2.09. The van der Waals surface area contributed by atoms with Crippen LogP contribution in [-0.4, -0.2) is 16.5 Å². The number of nitro groups is 1. The number of benzene rings is 1. The van der Waals surface area contributed by atoms with E-state index >= 15 is 0 Å². The Morgan fingerprint density at radius 3 is 2.62 bits per heavy atom. The van der Waals surface area contributed by atoms with Crippen molar-refractivity contribution in [2.24, 2.45) is 0 Å². The maximum Gasteiger partial charge on any atom is 0.311 e. The zero-order chi connectivity index (χ0) is 15.2. The third-order valence-corrected chi connectivity index (χ3v) is 3.35. The summed E-state index contributed by atoms with van der Waals surface area (Å²) in [7, 11) is 0. The first kappa shape index (κ1) is 14.8. The maximum absolute atomic E-state index is 10.7. The molecule has 0 aliphatic carbocycles. The predicted octanol–water partition coefficient (Wildman–Crippen LogP) is 3.18. The van der Waals surface area contributed by atoms with Gasteiger partial charge in [-0.25, -0.2) is 4.98 Å². The van der Waals surface area contributed by atoms with Crippen molar-refractivity contribution in [2.45, 2.75) is 19.3 Å². The molecule has 0 amide bonds. The number of pyridine rings is 1. The Hall–Kier alpha value is -2.63. The topological polar surface area (TPSA) is 94.1 Å². The van der Waals surface area contributed by atoms with Crippen LogP contribution in [0.25, 0.3) is 0 Å². The first-order chi connectivity index (χ1) is 10.1. The van der Waals surface area contributed by atoms with Crippen LogP contribution in [-0.2, 0) is 0 Å². The van der Waals surface area contributed by atoms with Gasteiger partial charge in [-0.05, 0) is 24.0 Å². The van der Waals surface area contributed by atoms with Crippen molar-refractivity contribution in [3.05, 3.63) is 58.1 Å². The number of rotatable bonds is 6. The van der Waals surface area contributed by atoms with E-state index in [2.05, 4.69) is 29.4 Å². The van der Waals surface area contributed by atoms with E-state index in [0.29, 0.717) is 11.7 Å². The van der Waals surface area contributed by atoms with Crippen molar-refractivity contribution in [3.8, 4) is 0 Å². The molecule has 0 bridgehead atoms. The fraction of sp³-hybridized carbons (Fsp3) is 0.267. The lowest BCUT2D eigenvalue weighted by Crippen LogP contribution is -2.08. The van der Waals surface area contributed by atoms with Crippen molar-refractivity contribution < 1.29 is 4.92 Å². The molecular formula is C15H18N4O2. The number of nitrogens with one attached hydrogen (secondary N) is 1. The minimum Gasteiger partial charge on any atom is -0.378 e. The van der Waals surface area contributed by atoms with E-state index in [1.54, 1.807) is 6.07 Å². The number of aromatic nitrogens is 1. The summed E-state index contributed by atoms with van der Waals surface area (Å²) in [5, 5.41) is 13.8. The third-order valence-electron chi connectivity index (χ3n) is 3.35. The Balaban J connectivity index is 1.89. The summed E-state index contributed by atoms with van der Waals surface area (Å²) in [6, 6.07) is 13.2. The highest BCUT2D eigenvalue weighted by molar-refractivity contribution is 5.57. The van der Waals surface area contributed by atoms with Gasteiger partial charge < -0.3 is 11.1 Å². The minimum absolute atomic E-state index is 0.0684. The monoisotopic (exact) mass is 286 g/mol. The average Bonchev–Trinajstić information content (AvgIpc) is 2.47. The van der Waals surface area contributed by atoms with Gasteiger partial charge in [-0.1, -0.05) is 37.3 Å². The van der Waals surface area contributed by atoms with E-state index in [4.69, 9.17) is 5.73 Å². The molecule has 0 saturated carbocycles. The van der Waals surface area contributed by atoms with E-state index in [-0.39, 0.29) is 11.5 Å². The molecule has 1 heterocycles. The number of nitrogens with two attached hydrogens (primary N) is 1. The SMILES string of the molecule is CC(CCNc1ccc([N+](=O)[O-])c(N)n1)c1ccccc1. The quantitative estimate of drug-likeness (QED) is 0.628. The molecule has 0 saturated heterocycles. The summed E-state index contributed by atoms with van der Waals surface area (Å²) >= 11 is 0. The molecule has 0 spiro atoms. The molecule has 6 heteroatoms. The van der Waals surface area contributed by atoms with Crippen molar-refractivity contribution >= 4 is 17.3 Å². The molecule has 2 aromatic rings. The van der Waals surface area contributed by atoms with Gasteiger partial charge in [0, 0.05) is 12.6 Å². The van der Waals surface area contributed by atoms with Crippen LogP contribution in [0.4, 0.5) is 17.3 Å². The second-order valence-corrected chi connectivity index (χ2v) is 4.89. The molecule has 1 aromatic heterocycles. The molecule has 1 aromatic carbocycles. The zero-order valence-electron chi connectivity index (χ0n) is 11.8. The van der Waals surface area contributed by atoms with Crippen molar-refractivity contribution in [1.82, 2.24) is 4.98 Å². The molecular weight excluding hydrogens is 268 g/mol. The molecule has 0 aliphatic heterocycles. The van der Waals surface area contributed by atoms with Crippen LogP contribution in [0.1, 0.15) is 24.8 Å². The highest BCUT2D eigenvalue weighted by atomic mass is 16.6. The molecule has 2 rings (SSSR count). The second-order valence-electron chi connectivity index (χ2n) is 4.89. The number of nitrogens with zero attached hydrogens (tertiary/aromatic N) is 2. The van der Waals surface area contributed by atoms with E-state index in [1.165, 1.54) is 11.6 Å². The van der Waals surface area contributed by atoms with E-state index < -0.39 is 4.92 Å². The van der Waals surface area contributed by atoms with E-state index in [1.807, 2.05) is 18.2 Å². The molecule has 1 unspecified atom stereocenters. The van der Waals surface area contributed by atoms with Crippen LogP contribution in [0.15, 0.2) is 42.5 Å². The first-order valence-corrected chi connectivity index (χ1v) is 6.77. The third kappa shape index (κ3) is 3.92. The number of hydrogen-bond donors (Lipinski definition) is 2. The lowest BCUT2D eigenvalue weighted by molar-refractivity contribution is -0.384. The van der Waals surface area contributed by atoms with Gasteiger partial charge in [-0.3, -0.25) is 10.1 Å². The standard InChI is InChI=1S/C15H18N4O2/c1-11(12-5-3-2-4-6-12)9-10-17-14-8-7-13(19(20)21)15(16)18-14/h2-8,11H,9-10H2,1H3,(H3,16,17,18). The first-order valence-electron chi connectivity index (χ1n) is 6.77. The molecule has 3 N–H and O–H groups in total. The summed E-state index contributed by atoms with van der Waals surface area (Å²) < 4.78 is 0. The lowest BCUT2D eigenvalue weighted by Gasteiger charge is -2.12. The van der Waals surface area contributed by atoms with Gasteiger partial charge in [0.1, 0.15) is 5.82 Å². The van der Waals surface area contributed by atoms with Crippen molar-refractivity contribution in [1.29, 1.82) is 0 Å². The summed E-state index contributed by atoms with van der Waals surface area (Å²) in [6.45, 7) is 2.88. The largest absolute Gasteiger partial charge is 0.378 e. The molecule has 1 atom stereocenters. The Labute approximate surface area is 123 Å². The summed E-state index contributed by atoms with van der Waals surface area (Å²) in [6.07, 6.45) is 0.933. The van der Waals surface area contributed by atoms with Crippen LogP contribution in [0.5, 0.6) is 0 Å². The Kier molecular flexibility index (Phi) is 4.71. The summed E-state index contributed by atoms with van der Waals surface area (Å²) in [5.41, 5.74) is 6.67. The van der Waals surface area contributed by atoms with Gasteiger partial charge in [-0.15, -0.1) is 0 Å². The Bertz CT molecular complexity index is 616. The van der Waals surface area contributed by atoms with Crippen LogP contribution >= 0.6 is 0 Å². The second kappa shape index (κ2) is 6.69. The molecule has 21 heavy (non-hydrogen) atoms. The van der Waals surface area contributed by atoms with Crippen LogP contribution in [0.3, 0.4) is 0 Å². The van der Waals surface area contributed by atoms with Gasteiger partial charge >= 0.3 is 5.69 Å². The minimum atomic E-state index is -0.538. The number of anilines is 2. The fourth-order valence-electron chi connectivity index (χ4n) is 2.09. The van der Waals surface area contributed by atoms with Crippen molar-refractivity contribution in [3.63, 3.8) is 0 Å². The Morgan fingerprint density at radius 2 is 2.00 bits per heavy atom. The molecule has 0 fully saturated rings. The van der Waals surface area contributed by atoms with Crippen LogP contribution in [0, 0.1) is 10.1 Å². The van der Waals surface area contributed by atoms with Gasteiger partial charge in [0.05, 0.1) is 4.92 Å². The molecule has 110 valence electrons. The highest BCUT2D eigenvalue weighted by Crippen LogP contribution is 2.22. The average molecular weight is 286 g/mol. The summed E-state index contributed by atoms with van der Waals surface area (Å²) in [4.78, 5) is 14.1. The van der Waals surface area contributed by atoms with Gasteiger partial charge in [0.25, 0.3) is 0 Å². The smallest absolute Gasteiger partial charge is 0.311 e. The number of hydrogen-bond acceptors (Lipinski definition) is 5. The van der Waals surface area contributed by atoms with Gasteiger partial charge in [0.2, 0.25) is 5.82 Å². The molecule has 6 nitrogen and oxygen atoms in total. The van der Waals surface area contributed by atoms with Gasteiger partial charge in [-0.2, -0.15) is 0 Å². The van der Waals surface area contributed by atoms with E-state index in [0.717, 1.165) is 13.0 Å². The Morgan fingerprint density at radius 1 is 1.29 bits per heavy atom. The number of nitrogen functional groups attached to an aromatic ring is 1. The van der Waals surface area contributed by atoms with Crippen LogP contribution < -0.4 is 11.1 Å². The highest BCUT2D eigenvalue weighted by Gasteiger charge is 2.12. The predicted molar refractivity (Wildman–Crippen MR) is 83.3 cm³/mol. The maximum atomic E-state index is 10.7. The summed E-state index contributed by atoms with van der Waals surface area (Å²) in [5.74, 6) is 0.911. The normalized spacial score (nSPS) is 11.9. The van der Waals surface area contributed by atoms with Gasteiger partial charge in [0.15, 0.2) is 0 Å². The lowest BCUT2D eigenvalue weighted by atomic mass is 9.98. The molecule has 0 radical (unpaired) electrons. The van der Waals surface area contributed by atoms with E-state index in [9.17, 15) is 10.1 Å². The van der Waals surface area contributed by atoms with Crippen molar-refractivity contribution in [2.75, 3.05) is 17.6 Å². The zero-order valence-corrected chi connectivity index (χ0v) is 11.8.